The van der Waals surface area contributed by atoms with Gasteiger partial charge in [-0.2, -0.15) is 0 Å². The topological polar surface area (TPSA) is 60.1 Å². The molecule has 0 aromatic carbocycles. The van der Waals surface area contributed by atoms with E-state index in [2.05, 4.69) is 69.5 Å². The van der Waals surface area contributed by atoms with Crippen molar-refractivity contribution in [2.75, 3.05) is 26.2 Å². The zero-order valence-corrected chi connectivity index (χ0v) is 40.6. The summed E-state index contributed by atoms with van der Waals surface area (Å²) in [5, 5.41) is 0. The third-order valence-electron chi connectivity index (χ3n) is 12.2. The molecule has 1 atom stereocenters. The molecule has 2 N–H and O–H groups in total. The standard InChI is InChI=1S/C54H103N3O2/c1-8-15-18-21-26-33-41-50(11-4)58-51(12-5)42-34-29-24-31-38-47-57(49-40-46-56-54(55)14-7)48-39-32-25-30-35-43-52(13-6)59-53(44-36-27-22-19-16-9-2)45-37-28-23-20-17-10-3/h12,14,50,53H,6-11,15-49H2,1-5H3,(H2,55,56)/b51-12+. The van der Waals surface area contributed by atoms with Crippen molar-refractivity contribution in [3.8, 4) is 0 Å². The van der Waals surface area contributed by atoms with Gasteiger partial charge in [0, 0.05) is 19.4 Å². The lowest BCUT2D eigenvalue weighted by molar-refractivity contribution is 0.0890. The molecule has 0 spiro atoms. The van der Waals surface area contributed by atoms with E-state index in [1.165, 1.54) is 218 Å². The number of hydrogen-bond donors (Lipinski definition) is 1. The van der Waals surface area contributed by atoms with E-state index < -0.39 is 0 Å². The number of rotatable bonds is 47. The second-order valence-corrected chi connectivity index (χ2v) is 17.7. The first kappa shape index (κ1) is 57.0. The second kappa shape index (κ2) is 45.6. The van der Waals surface area contributed by atoms with Gasteiger partial charge >= 0.3 is 0 Å². The Balaban J connectivity index is 4.58. The summed E-state index contributed by atoms with van der Waals surface area (Å²) < 4.78 is 13.1. The summed E-state index contributed by atoms with van der Waals surface area (Å²) in [4.78, 5) is 7.14. The van der Waals surface area contributed by atoms with Crippen molar-refractivity contribution in [1.29, 1.82) is 0 Å². The number of nitrogens with two attached hydrogens (primary N) is 1. The lowest BCUT2D eigenvalue weighted by Crippen LogP contribution is -2.28. The smallest absolute Gasteiger partial charge is 0.138 e. The van der Waals surface area contributed by atoms with Crippen LogP contribution in [0.2, 0.25) is 0 Å². The highest BCUT2D eigenvalue weighted by Gasteiger charge is 2.13. The molecule has 346 valence electrons. The van der Waals surface area contributed by atoms with Gasteiger partial charge in [-0.15, -0.1) is 0 Å². The fourth-order valence-electron chi connectivity index (χ4n) is 8.16. The molecular formula is C54H103N3O2. The van der Waals surface area contributed by atoms with Gasteiger partial charge in [0.1, 0.15) is 11.6 Å². The SMILES string of the molecule is C=C=C(CCCCCCCN(CCCCCCC/C(=C\C)OC(CC)CCCCCCCC)CCCN=C(N)C=C)OC(CCCCCCCC)CCCCCCCC. The predicted octanol–water partition coefficient (Wildman–Crippen LogP) is 16.9. The zero-order chi connectivity index (χ0) is 43.3. The third-order valence-corrected chi connectivity index (χ3v) is 12.2. The minimum Gasteiger partial charge on any atom is -0.495 e. The van der Waals surface area contributed by atoms with Crippen LogP contribution in [-0.2, 0) is 9.47 Å². The predicted molar refractivity (Wildman–Crippen MR) is 264 cm³/mol. The molecule has 0 aromatic rings. The molecule has 0 saturated heterocycles. The average Bonchev–Trinajstić information content (AvgIpc) is 3.25. The summed E-state index contributed by atoms with van der Waals surface area (Å²) in [6, 6.07) is 0. The molecule has 0 heterocycles. The fourth-order valence-corrected chi connectivity index (χ4v) is 8.16. The Labute approximate surface area is 370 Å². The number of ether oxygens (including phenoxy) is 2. The van der Waals surface area contributed by atoms with Gasteiger partial charge in [-0.3, -0.25) is 4.99 Å². The third kappa shape index (κ3) is 38.7. The van der Waals surface area contributed by atoms with Crippen LogP contribution in [0.25, 0.3) is 0 Å². The highest BCUT2D eigenvalue weighted by atomic mass is 16.5. The van der Waals surface area contributed by atoms with E-state index in [9.17, 15) is 0 Å². The Kier molecular flexibility index (Phi) is 44.0. The van der Waals surface area contributed by atoms with Crippen LogP contribution in [0.1, 0.15) is 259 Å². The molecule has 59 heavy (non-hydrogen) atoms. The normalized spacial score (nSPS) is 12.7. The summed E-state index contributed by atoms with van der Waals surface area (Å²) >= 11 is 0. The first-order chi connectivity index (χ1) is 29.0. The van der Waals surface area contributed by atoms with Gasteiger partial charge in [-0.25, -0.2) is 0 Å². The van der Waals surface area contributed by atoms with Gasteiger partial charge in [0.2, 0.25) is 0 Å². The molecule has 0 radical (unpaired) electrons. The van der Waals surface area contributed by atoms with Crippen LogP contribution >= 0.6 is 0 Å². The van der Waals surface area contributed by atoms with Gasteiger partial charge in [0.25, 0.3) is 0 Å². The maximum Gasteiger partial charge on any atom is 0.138 e. The van der Waals surface area contributed by atoms with E-state index in [0.717, 1.165) is 44.5 Å². The van der Waals surface area contributed by atoms with Gasteiger partial charge in [0.05, 0.1) is 18.0 Å². The van der Waals surface area contributed by atoms with Crippen molar-refractivity contribution in [1.82, 2.24) is 4.90 Å². The number of unbranched alkanes of at least 4 members (excludes halogenated alkanes) is 23. The Hall–Kier alpha value is -1.97. The maximum absolute atomic E-state index is 6.61. The van der Waals surface area contributed by atoms with E-state index in [1.54, 1.807) is 6.08 Å². The minimum absolute atomic E-state index is 0.338. The van der Waals surface area contributed by atoms with E-state index in [-0.39, 0.29) is 0 Å². The highest BCUT2D eigenvalue weighted by molar-refractivity contribution is 5.90. The van der Waals surface area contributed by atoms with Crippen molar-refractivity contribution >= 4 is 5.84 Å². The summed E-state index contributed by atoms with van der Waals surface area (Å²) in [5.74, 6) is 2.78. The Morgan fingerprint density at radius 3 is 1.44 bits per heavy atom. The molecule has 0 aliphatic rings. The van der Waals surface area contributed by atoms with Gasteiger partial charge in [-0.05, 0) is 116 Å². The number of nitrogens with zero attached hydrogens (tertiary/aromatic N) is 2. The number of amidine groups is 1. The fraction of sp³-hybridized carbons (Fsp3) is 0.852. The van der Waals surface area contributed by atoms with Crippen LogP contribution in [0.3, 0.4) is 0 Å². The molecule has 5 heteroatoms. The largest absolute Gasteiger partial charge is 0.495 e. The molecule has 0 bridgehead atoms. The van der Waals surface area contributed by atoms with Crippen molar-refractivity contribution in [2.45, 2.75) is 272 Å². The summed E-state index contributed by atoms with van der Waals surface area (Å²) in [7, 11) is 0. The summed E-state index contributed by atoms with van der Waals surface area (Å²) in [6.07, 6.45) is 49.3. The molecule has 0 aliphatic carbocycles. The van der Waals surface area contributed by atoms with Crippen LogP contribution in [0.5, 0.6) is 0 Å². The highest BCUT2D eigenvalue weighted by Crippen LogP contribution is 2.23. The van der Waals surface area contributed by atoms with E-state index in [0.29, 0.717) is 18.0 Å². The van der Waals surface area contributed by atoms with E-state index >= 15 is 0 Å². The van der Waals surface area contributed by atoms with Crippen LogP contribution < -0.4 is 5.73 Å². The van der Waals surface area contributed by atoms with Crippen molar-refractivity contribution in [3.05, 3.63) is 42.6 Å². The maximum atomic E-state index is 6.61. The monoisotopic (exact) mass is 826 g/mol. The summed E-state index contributed by atoms with van der Waals surface area (Å²) in [6.45, 7) is 23.3. The molecule has 0 aromatic heterocycles. The second-order valence-electron chi connectivity index (χ2n) is 17.7. The van der Waals surface area contributed by atoms with Crippen LogP contribution in [0.15, 0.2) is 47.6 Å². The van der Waals surface area contributed by atoms with Crippen LogP contribution in [-0.4, -0.2) is 49.1 Å². The van der Waals surface area contributed by atoms with Crippen molar-refractivity contribution in [2.24, 2.45) is 10.7 Å². The van der Waals surface area contributed by atoms with Crippen molar-refractivity contribution < 1.29 is 9.47 Å². The molecular weight excluding hydrogens is 723 g/mol. The number of hydrogen-bond acceptors (Lipinski definition) is 4. The number of allylic oxidation sites excluding steroid dienone is 3. The Bertz CT molecular complexity index is 999. The first-order valence-electron chi connectivity index (χ1n) is 26.0. The molecule has 0 amide bonds. The number of aliphatic imine (C=N–C) groups is 1. The zero-order valence-electron chi connectivity index (χ0n) is 40.6. The van der Waals surface area contributed by atoms with E-state index in [4.69, 9.17) is 15.2 Å². The van der Waals surface area contributed by atoms with Crippen LogP contribution in [0, 0.1) is 0 Å². The minimum atomic E-state index is 0.338. The Morgan fingerprint density at radius 1 is 0.559 bits per heavy atom. The first-order valence-corrected chi connectivity index (χ1v) is 26.0. The molecule has 1 unspecified atom stereocenters. The molecule has 0 aliphatic heterocycles. The van der Waals surface area contributed by atoms with Crippen LogP contribution in [0.4, 0.5) is 0 Å². The lowest BCUT2D eigenvalue weighted by Gasteiger charge is -2.22. The van der Waals surface area contributed by atoms with Gasteiger partial charge in [0.15, 0.2) is 0 Å². The molecule has 0 rings (SSSR count). The summed E-state index contributed by atoms with van der Waals surface area (Å²) in [5.41, 5.74) is 9.07. The quantitative estimate of drug-likeness (QED) is 0.0218. The van der Waals surface area contributed by atoms with Gasteiger partial charge in [-0.1, -0.05) is 181 Å². The molecule has 5 nitrogen and oxygen atoms in total. The van der Waals surface area contributed by atoms with Crippen molar-refractivity contribution in [3.63, 3.8) is 0 Å². The Morgan fingerprint density at radius 2 is 0.983 bits per heavy atom. The molecule has 0 saturated carbocycles. The lowest BCUT2D eigenvalue weighted by atomic mass is 10.0. The van der Waals surface area contributed by atoms with Gasteiger partial charge < -0.3 is 20.1 Å². The molecule has 0 fully saturated rings. The average molecular weight is 826 g/mol. The van der Waals surface area contributed by atoms with E-state index in [1.807, 2.05) is 0 Å².